The zero-order valence-corrected chi connectivity index (χ0v) is 12.7. The quantitative estimate of drug-likeness (QED) is 0.665. The van der Waals surface area contributed by atoms with Gasteiger partial charge in [0, 0.05) is 6.04 Å². The summed E-state index contributed by atoms with van der Waals surface area (Å²) >= 11 is 0. The van der Waals surface area contributed by atoms with Crippen LogP contribution in [-0.4, -0.2) is 48.2 Å². The number of hydrogen-bond acceptors (Lipinski definition) is 3. The van der Waals surface area contributed by atoms with Crippen LogP contribution in [0.25, 0.3) is 0 Å². The van der Waals surface area contributed by atoms with E-state index >= 15 is 0 Å². The number of nitrogens with one attached hydrogen (secondary N) is 1. The Bertz CT molecular complexity index is 263. The first-order valence-electron chi connectivity index (χ1n) is 7.68. The maximum absolute atomic E-state index is 11.0. The molecule has 1 rings (SSSR count). The minimum atomic E-state index is -0.740. The molecule has 0 radical (unpaired) electrons. The first-order valence-corrected chi connectivity index (χ1v) is 7.68. The summed E-state index contributed by atoms with van der Waals surface area (Å²) in [5, 5.41) is 12.2. The predicted molar refractivity (Wildman–Crippen MR) is 78.4 cm³/mol. The Morgan fingerprint density at radius 2 is 1.95 bits per heavy atom. The predicted octanol–water partition coefficient (Wildman–Crippen LogP) is 2.34. The summed E-state index contributed by atoms with van der Waals surface area (Å²) in [5.41, 5.74) is 0. The Labute approximate surface area is 117 Å². The number of hydrogen-bond donors (Lipinski definition) is 2. The van der Waals surface area contributed by atoms with Crippen LogP contribution in [0.2, 0.25) is 0 Å². The van der Waals surface area contributed by atoms with Gasteiger partial charge in [-0.15, -0.1) is 0 Å². The molecule has 1 unspecified atom stereocenters. The lowest BCUT2D eigenvalue weighted by atomic mass is 9.94. The van der Waals surface area contributed by atoms with Crippen molar-refractivity contribution in [3.63, 3.8) is 0 Å². The number of carboxylic acid groups (broad SMARTS) is 1. The van der Waals surface area contributed by atoms with Crippen molar-refractivity contribution in [2.24, 2.45) is 5.92 Å². The van der Waals surface area contributed by atoms with E-state index in [4.69, 9.17) is 5.11 Å². The van der Waals surface area contributed by atoms with Crippen molar-refractivity contribution in [3.8, 4) is 0 Å². The van der Waals surface area contributed by atoms with Gasteiger partial charge in [0.2, 0.25) is 0 Å². The molecule has 1 saturated carbocycles. The summed E-state index contributed by atoms with van der Waals surface area (Å²) in [4.78, 5) is 13.5. The zero-order valence-electron chi connectivity index (χ0n) is 12.7. The maximum atomic E-state index is 11.0. The molecule has 0 aromatic rings. The standard InChI is InChI=1S/C15H30N2O2/c1-12(2)14(15(18)19)16-10-7-11-17(3)13-8-5-4-6-9-13/h12-14,16H,4-11H2,1-3H3,(H,18,19). The van der Waals surface area contributed by atoms with E-state index in [1.54, 1.807) is 0 Å². The van der Waals surface area contributed by atoms with Gasteiger partial charge < -0.3 is 15.3 Å². The highest BCUT2D eigenvalue weighted by Gasteiger charge is 2.21. The molecule has 19 heavy (non-hydrogen) atoms. The van der Waals surface area contributed by atoms with E-state index in [1.165, 1.54) is 32.1 Å². The lowest BCUT2D eigenvalue weighted by molar-refractivity contribution is -0.140. The fraction of sp³-hybridized carbons (Fsp3) is 0.933. The molecule has 1 aliphatic carbocycles. The summed E-state index contributed by atoms with van der Waals surface area (Å²) in [5.74, 6) is -0.607. The Hall–Kier alpha value is -0.610. The molecule has 4 heteroatoms. The summed E-state index contributed by atoms with van der Waals surface area (Å²) in [6, 6.07) is 0.328. The van der Waals surface area contributed by atoms with Crippen LogP contribution >= 0.6 is 0 Å². The molecule has 0 saturated heterocycles. The van der Waals surface area contributed by atoms with E-state index in [-0.39, 0.29) is 5.92 Å². The Balaban J connectivity index is 2.16. The number of aliphatic carboxylic acids is 1. The molecule has 0 spiro atoms. The van der Waals surface area contributed by atoms with Gasteiger partial charge in [0.25, 0.3) is 0 Å². The average molecular weight is 270 g/mol. The number of carboxylic acids is 1. The molecular formula is C15H30N2O2. The van der Waals surface area contributed by atoms with Gasteiger partial charge in [-0.1, -0.05) is 33.1 Å². The molecule has 0 bridgehead atoms. The summed E-state index contributed by atoms with van der Waals surface area (Å²) < 4.78 is 0. The molecule has 0 aromatic heterocycles. The number of carbonyl (C=O) groups is 1. The second-order valence-electron chi connectivity index (χ2n) is 6.14. The van der Waals surface area contributed by atoms with Crippen LogP contribution in [-0.2, 0) is 4.79 Å². The number of nitrogens with zero attached hydrogens (tertiary/aromatic N) is 1. The average Bonchev–Trinajstić information content (AvgIpc) is 2.38. The molecule has 1 aliphatic rings. The lowest BCUT2D eigenvalue weighted by Crippen LogP contribution is -2.42. The van der Waals surface area contributed by atoms with Gasteiger partial charge in [-0.25, -0.2) is 0 Å². The molecule has 0 aliphatic heterocycles. The molecule has 1 atom stereocenters. The van der Waals surface area contributed by atoms with E-state index in [2.05, 4.69) is 17.3 Å². The summed E-state index contributed by atoms with van der Waals surface area (Å²) in [7, 11) is 2.20. The van der Waals surface area contributed by atoms with Crippen LogP contribution in [0.15, 0.2) is 0 Å². The third-order valence-corrected chi connectivity index (χ3v) is 4.18. The van der Waals surface area contributed by atoms with Crippen LogP contribution in [0, 0.1) is 5.92 Å². The third kappa shape index (κ3) is 5.91. The van der Waals surface area contributed by atoms with Crippen LogP contribution < -0.4 is 5.32 Å². The molecular weight excluding hydrogens is 240 g/mol. The normalized spacial score (nSPS) is 19.0. The van der Waals surface area contributed by atoms with E-state index in [1.807, 2.05) is 13.8 Å². The van der Waals surface area contributed by atoms with Crippen molar-refractivity contribution in [2.45, 2.75) is 64.5 Å². The van der Waals surface area contributed by atoms with Gasteiger partial charge in [-0.3, -0.25) is 4.79 Å². The lowest BCUT2D eigenvalue weighted by Gasteiger charge is -2.31. The van der Waals surface area contributed by atoms with E-state index < -0.39 is 12.0 Å². The molecule has 0 amide bonds. The van der Waals surface area contributed by atoms with Crippen LogP contribution in [0.5, 0.6) is 0 Å². The van der Waals surface area contributed by atoms with Gasteiger partial charge in [-0.2, -0.15) is 0 Å². The van der Waals surface area contributed by atoms with Gasteiger partial charge in [0.15, 0.2) is 0 Å². The molecule has 2 N–H and O–H groups in total. The van der Waals surface area contributed by atoms with E-state index in [9.17, 15) is 4.79 Å². The van der Waals surface area contributed by atoms with Gasteiger partial charge >= 0.3 is 5.97 Å². The van der Waals surface area contributed by atoms with Gasteiger partial charge in [0.1, 0.15) is 6.04 Å². The highest BCUT2D eigenvalue weighted by molar-refractivity contribution is 5.73. The van der Waals surface area contributed by atoms with E-state index in [0.29, 0.717) is 0 Å². The van der Waals surface area contributed by atoms with Gasteiger partial charge in [0.05, 0.1) is 0 Å². The summed E-state index contributed by atoms with van der Waals surface area (Å²) in [6.45, 7) is 5.73. The smallest absolute Gasteiger partial charge is 0.320 e. The van der Waals surface area contributed by atoms with Crippen LogP contribution in [0.4, 0.5) is 0 Å². The Morgan fingerprint density at radius 3 is 2.47 bits per heavy atom. The number of rotatable bonds is 8. The Kier molecular flexibility index (Phi) is 7.39. The highest BCUT2D eigenvalue weighted by atomic mass is 16.4. The van der Waals surface area contributed by atoms with Crippen molar-refractivity contribution in [2.75, 3.05) is 20.1 Å². The van der Waals surface area contributed by atoms with Crippen molar-refractivity contribution >= 4 is 5.97 Å². The topological polar surface area (TPSA) is 52.6 Å². The molecule has 4 nitrogen and oxygen atoms in total. The third-order valence-electron chi connectivity index (χ3n) is 4.18. The molecule has 0 heterocycles. The monoisotopic (exact) mass is 270 g/mol. The second kappa shape index (κ2) is 8.54. The fourth-order valence-corrected chi connectivity index (χ4v) is 2.90. The largest absolute Gasteiger partial charge is 0.480 e. The van der Waals surface area contributed by atoms with Crippen molar-refractivity contribution in [3.05, 3.63) is 0 Å². The minimum Gasteiger partial charge on any atom is -0.480 e. The molecule has 112 valence electrons. The zero-order chi connectivity index (χ0) is 14.3. The summed E-state index contributed by atoms with van der Waals surface area (Å²) in [6.07, 6.45) is 7.79. The molecule has 1 fully saturated rings. The first kappa shape index (κ1) is 16.4. The molecule has 0 aromatic carbocycles. The SMILES string of the molecule is CC(C)C(NCCCN(C)C1CCCCC1)C(=O)O. The van der Waals surface area contributed by atoms with Crippen LogP contribution in [0.1, 0.15) is 52.4 Å². The van der Waals surface area contributed by atoms with E-state index in [0.717, 1.165) is 25.6 Å². The maximum Gasteiger partial charge on any atom is 0.320 e. The van der Waals surface area contributed by atoms with Crippen molar-refractivity contribution in [1.82, 2.24) is 10.2 Å². The second-order valence-corrected chi connectivity index (χ2v) is 6.14. The first-order chi connectivity index (χ1) is 9.02. The van der Waals surface area contributed by atoms with Gasteiger partial charge in [-0.05, 0) is 45.3 Å². The minimum absolute atomic E-state index is 0.133. The van der Waals surface area contributed by atoms with Crippen molar-refractivity contribution < 1.29 is 9.90 Å². The highest BCUT2D eigenvalue weighted by Crippen LogP contribution is 2.21. The van der Waals surface area contributed by atoms with Crippen molar-refractivity contribution in [1.29, 1.82) is 0 Å². The Morgan fingerprint density at radius 1 is 1.32 bits per heavy atom. The van der Waals surface area contributed by atoms with Crippen LogP contribution in [0.3, 0.4) is 0 Å². The fourth-order valence-electron chi connectivity index (χ4n) is 2.90.